The van der Waals surface area contributed by atoms with Crippen LogP contribution >= 0.6 is 0 Å². The largest absolute Gasteiger partial charge is 0.373 e. The molecule has 1 aliphatic rings. The molecule has 3 nitrogen and oxygen atoms in total. The molecule has 3 heteroatoms. The van der Waals surface area contributed by atoms with Crippen LogP contribution in [0.3, 0.4) is 0 Å². The summed E-state index contributed by atoms with van der Waals surface area (Å²) in [7, 11) is 0. The zero-order chi connectivity index (χ0) is 14.4. The first-order chi connectivity index (χ1) is 9.76. The average molecular weight is 273 g/mol. The fourth-order valence-corrected chi connectivity index (χ4v) is 2.39. The van der Waals surface area contributed by atoms with Crippen LogP contribution in [0, 0.1) is 0 Å². The number of hydrogen-bond acceptors (Lipinski definition) is 2. The number of carbonyl (C=O) groups is 1. The summed E-state index contributed by atoms with van der Waals surface area (Å²) in [6.07, 6.45) is 4.42. The highest BCUT2D eigenvalue weighted by Crippen LogP contribution is 2.28. The molecule has 0 fully saturated rings. The van der Waals surface area contributed by atoms with Crippen molar-refractivity contribution in [1.82, 2.24) is 4.90 Å². The Labute approximate surface area is 121 Å². The second kappa shape index (κ2) is 7.25. The van der Waals surface area contributed by atoms with Crippen LogP contribution in [-0.4, -0.2) is 30.1 Å². The molecule has 1 aromatic rings. The first-order valence-electron chi connectivity index (χ1n) is 7.44. The van der Waals surface area contributed by atoms with Gasteiger partial charge in [0.15, 0.2) is 0 Å². The Balaban J connectivity index is 2.22. The van der Waals surface area contributed by atoms with Gasteiger partial charge in [-0.3, -0.25) is 4.79 Å². The summed E-state index contributed by atoms with van der Waals surface area (Å²) >= 11 is 0. The Bertz CT molecular complexity index is 467. The van der Waals surface area contributed by atoms with E-state index in [1.165, 1.54) is 0 Å². The van der Waals surface area contributed by atoms with Crippen LogP contribution in [-0.2, 0) is 9.53 Å². The quantitative estimate of drug-likeness (QED) is 0.743. The summed E-state index contributed by atoms with van der Waals surface area (Å²) in [5, 5.41) is 0. The van der Waals surface area contributed by atoms with Crippen molar-refractivity contribution >= 4 is 11.5 Å². The van der Waals surface area contributed by atoms with Crippen molar-refractivity contribution < 1.29 is 9.53 Å². The van der Waals surface area contributed by atoms with Crippen LogP contribution in [0.5, 0.6) is 0 Å². The molecule has 2 rings (SSSR count). The highest BCUT2D eigenvalue weighted by Gasteiger charge is 2.28. The molecule has 20 heavy (non-hydrogen) atoms. The average Bonchev–Trinajstić information content (AvgIpc) is 2.48. The third kappa shape index (κ3) is 3.48. The second-order valence-electron chi connectivity index (χ2n) is 5.05. The van der Waals surface area contributed by atoms with Crippen LogP contribution in [0.15, 0.2) is 36.5 Å². The van der Waals surface area contributed by atoms with Gasteiger partial charge in [0.1, 0.15) is 0 Å². The zero-order valence-electron chi connectivity index (χ0n) is 12.3. The third-order valence-corrected chi connectivity index (χ3v) is 3.59. The molecule has 1 atom stereocenters. The molecule has 1 aromatic carbocycles. The van der Waals surface area contributed by atoms with Gasteiger partial charge in [0.05, 0.1) is 12.5 Å². The summed E-state index contributed by atoms with van der Waals surface area (Å²) in [5.74, 6) is 0.147. The van der Waals surface area contributed by atoms with Crippen LogP contribution < -0.4 is 0 Å². The Kier molecular flexibility index (Phi) is 5.36. The van der Waals surface area contributed by atoms with Crippen LogP contribution in [0.25, 0.3) is 5.57 Å². The second-order valence-corrected chi connectivity index (χ2v) is 5.05. The van der Waals surface area contributed by atoms with Gasteiger partial charge >= 0.3 is 0 Å². The molecule has 108 valence electrons. The number of amides is 1. The third-order valence-electron chi connectivity index (χ3n) is 3.59. The Morgan fingerprint density at radius 1 is 1.25 bits per heavy atom. The number of benzene rings is 1. The molecule has 0 bridgehead atoms. The highest BCUT2D eigenvalue weighted by atomic mass is 16.5. The van der Waals surface area contributed by atoms with Gasteiger partial charge < -0.3 is 9.64 Å². The molecule has 1 heterocycles. The first-order valence-corrected chi connectivity index (χ1v) is 7.44. The van der Waals surface area contributed by atoms with E-state index in [9.17, 15) is 4.79 Å². The number of nitrogens with zero attached hydrogens (tertiary/aromatic N) is 1. The van der Waals surface area contributed by atoms with Crippen molar-refractivity contribution in [3.8, 4) is 0 Å². The Morgan fingerprint density at radius 3 is 2.65 bits per heavy atom. The normalized spacial score (nSPS) is 19.1. The van der Waals surface area contributed by atoms with Gasteiger partial charge in [-0.05, 0) is 18.9 Å². The van der Waals surface area contributed by atoms with Crippen LogP contribution in [0.4, 0.5) is 0 Å². The molecule has 0 aromatic heterocycles. The van der Waals surface area contributed by atoms with E-state index >= 15 is 0 Å². The molecule has 0 spiro atoms. The van der Waals surface area contributed by atoms with Gasteiger partial charge in [-0.25, -0.2) is 0 Å². The van der Waals surface area contributed by atoms with E-state index in [-0.39, 0.29) is 12.0 Å². The molecule has 0 N–H and O–H groups in total. The van der Waals surface area contributed by atoms with E-state index in [1.807, 2.05) is 31.3 Å². The SMILES string of the molecule is CCCCOC1CC(=O)N(CC)C=C1c1ccccc1. The topological polar surface area (TPSA) is 29.5 Å². The minimum absolute atomic E-state index is 0.112. The van der Waals surface area contributed by atoms with Crippen molar-refractivity contribution in [3.05, 3.63) is 42.1 Å². The van der Waals surface area contributed by atoms with E-state index in [2.05, 4.69) is 19.1 Å². The molecule has 1 unspecified atom stereocenters. The van der Waals surface area contributed by atoms with Gasteiger partial charge in [0, 0.05) is 24.9 Å². The smallest absolute Gasteiger partial charge is 0.229 e. The lowest BCUT2D eigenvalue weighted by atomic mass is 9.96. The van der Waals surface area contributed by atoms with Crippen molar-refractivity contribution in [2.45, 2.75) is 39.2 Å². The molecule has 0 saturated carbocycles. The lowest BCUT2D eigenvalue weighted by Crippen LogP contribution is -2.36. The molecule has 1 amide bonds. The lowest BCUT2D eigenvalue weighted by Gasteiger charge is -2.30. The molecular formula is C17H23NO2. The van der Waals surface area contributed by atoms with E-state index in [0.29, 0.717) is 19.6 Å². The summed E-state index contributed by atoms with van der Waals surface area (Å²) in [6.45, 7) is 5.55. The minimum atomic E-state index is -0.112. The number of carbonyl (C=O) groups excluding carboxylic acids is 1. The van der Waals surface area contributed by atoms with Gasteiger partial charge in [-0.15, -0.1) is 0 Å². The van der Waals surface area contributed by atoms with Crippen LogP contribution in [0.2, 0.25) is 0 Å². The number of ether oxygens (including phenoxy) is 1. The number of hydrogen-bond donors (Lipinski definition) is 0. The molecular weight excluding hydrogens is 250 g/mol. The molecule has 0 radical (unpaired) electrons. The number of rotatable bonds is 6. The maximum Gasteiger partial charge on any atom is 0.229 e. The van der Waals surface area contributed by atoms with Gasteiger partial charge in [-0.1, -0.05) is 43.7 Å². The van der Waals surface area contributed by atoms with Crippen molar-refractivity contribution in [1.29, 1.82) is 0 Å². The molecule has 1 aliphatic heterocycles. The predicted molar refractivity (Wildman–Crippen MR) is 81.1 cm³/mol. The summed E-state index contributed by atoms with van der Waals surface area (Å²) in [4.78, 5) is 13.8. The number of unbranched alkanes of at least 4 members (excludes halogenated alkanes) is 1. The fourth-order valence-electron chi connectivity index (χ4n) is 2.39. The predicted octanol–water partition coefficient (Wildman–Crippen LogP) is 3.47. The standard InChI is InChI=1S/C17H23NO2/c1-3-5-11-20-16-12-17(19)18(4-2)13-15(16)14-9-7-6-8-10-14/h6-10,13,16H,3-5,11-12H2,1-2H3. The van der Waals surface area contributed by atoms with E-state index in [0.717, 1.165) is 24.0 Å². The van der Waals surface area contributed by atoms with E-state index in [4.69, 9.17) is 4.74 Å². The van der Waals surface area contributed by atoms with Gasteiger partial charge in [0.2, 0.25) is 5.91 Å². The van der Waals surface area contributed by atoms with E-state index in [1.54, 1.807) is 4.90 Å². The summed E-state index contributed by atoms with van der Waals surface area (Å²) < 4.78 is 5.94. The van der Waals surface area contributed by atoms with Crippen LogP contribution in [0.1, 0.15) is 38.7 Å². The van der Waals surface area contributed by atoms with Gasteiger partial charge in [-0.2, -0.15) is 0 Å². The maximum absolute atomic E-state index is 12.0. The lowest BCUT2D eigenvalue weighted by molar-refractivity contribution is -0.131. The van der Waals surface area contributed by atoms with Crippen molar-refractivity contribution in [3.63, 3.8) is 0 Å². The van der Waals surface area contributed by atoms with Gasteiger partial charge in [0.25, 0.3) is 0 Å². The van der Waals surface area contributed by atoms with Crippen molar-refractivity contribution in [2.75, 3.05) is 13.2 Å². The molecule has 0 saturated heterocycles. The summed E-state index contributed by atoms with van der Waals surface area (Å²) in [5.41, 5.74) is 2.25. The Hall–Kier alpha value is -1.61. The first kappa shape index (κ1) is 14.8. The monoisotopic (exact) mass is 273 g/mol. The zero-order valence-corrected chi connectivity index (χ0v) is 12.3. The summed E-state index contributed by atoms with van der Waals surface area (Å²) in [6, 6.07) is 10.2. The fraction of sp³-hybridized carbons (Fsp3) is 0.471. The minimum Gasteiger partial charge on any atom is -0.373 e. The highest BCUT2D eigenvalue weighted by molar-refractivity contribution is 5.86. The molecule has 0 aliphatic carbocycles. The maximum atomic E-state index is 12.0. The Morgan fingerprint density at radius 2 is 2.00 bits per heavy atom. The van der Waals surface area contributed by atoms with Crippen molar-refractivity contribution in [2.24, 2.45) is 0 Å². The van der Waals surface area contributed by atoms with E-state index < -0.39 is 0 Å².